The van der Waals surface area contributed by atoms with Crippen LogP contribution in [-0.2, 0) is 13.3 Å². The van der Waals surface area contributed by atoms with Gasteiger partial charge in [-0.1, -0.05) is 11.3 Å². The molecule has 0 fully saturated rings. The number of allylic oxidation sites excluding steroid dienone is 1. The zero-order valence-electron chi connectivity index (χ0n) is 10.6. The lowest BCUT2D eigenvalue weighted by Crippen LogP contribution is -2.51. The molecule has 0 aromatic rings. The molecule has 90 valence electrons. The van der Waals surface area contributed by atoms with Gasteiger partial charge in [-0.3, -0.25) is 0 Å². The quantitative estimate of drug-likeness (QED) is 0.611. The lowest BCUT2D eigenvalue weighted by atomic mass is 10.4. The average molecular weight is 248 g/mol. The van der Waals surface area contributed by atoms with E-state index in [1.807, 2.05) is 20.8 Å². The second-order valence-electron chi connectivity index (χ2n) is 3.47. The Labute approximate surface area is 96.8 Å². The van der Waals surface area contributed by atoms with Gasteiger partial charge in [-0.25, -0.2) is 0 Å². The van der Waals surface area contributed by atoms with Gasteiger partial charge in [0.15, 0.2) is 0 Å². The van der Waals surface area contributed by atoms with E-state index in [1.165, 1.54) is 5.57 Å². The first-order valence-corrected chi connectivity index (χ1v) is 10.5. The van der Waals surface area contributed by atoms with Gasteiger partial charge in [0.25, 0.3) is 0 Å². The van der Waals surface area contributed by atoms with Crippen LogP contribution in [0.3, 0.4) is 0 Å². The second-order valence-corrected chi connectivity index (χ2v) is 10.3. The largest absolute Gasteiger partial charge is 0.466 e. The summed E-state index contributed by atoms with van der Waals surface area (Å²) in [5, 5.41) is 0. The minimum absolute atomic E-state index is 0.552. The van der Waals surface area contributed by atoms with Crippen LogP contribution in [0.1, 0.15) is 34.6 Å². The zero-order chi connectivity index (χ0) is 11.7. The Morgan fingerprint density at radius 2 is 1.40 bits per heavy atom. The molecule has 0 aliphatic carbocycles. The molecule has 0 bridgehead atoms. The van der Waals surface area contributed by atoms with Crippen LogP contribution >= 0.6 is 0 Å². The van der Waals surface area contributed by atoms with E-state index in [4.69, 9.17) is 13.3 Å². The van der Waals surface area contributed by atoms with E-state index in [1.54, 1.807) is 0 Å². The smallest absolute Gasteiger partial charge is 0.377 e. The summed E-state index contributed by atoms with van der Waals surface area (Å²) in [6.45, 7) is 12.2. The Balaban J connectivity index is 4.52. The standard InChI is InChI=1S/C10H24O3Si2/c1-6-11-15(12-7-2,13-8-3)14-9-10(4)5/h9H,6-8,14H2,1-5H3. The highest BCUT2D eigenvalue weighted by Gasteiger charge is 2.38. The molecular weight excluding hydrogens is 224 g/mol. The summed E-state index contributed by atoms with van der Waals surface area (Å²) in [4.78, 5) is 0. The minimum atomic E-state index is -2.30. The molecule has 0 aliphatic heterocycles. The van der Waals surface area contributed by atoms with Crippen LogP contribution in [-0.4, -0.2) is 37.2 Å². The summed E-state index contributed by atoms with van der Waals surface area (Å²) in [6, 6.07) is 0. The Morgan fingerprint density at radius 3 is 1.67 bits per heavy atom. The van der Waals surface area contributed by atoms with Crippen LogP contribution in [0.2, 0.25) is 0 Å². The fraction of sp³-hybridized carbons (Fsp3) is 0.800. The molecule has 0 rings (SSSR count). The van der Waals surface area contributed by atoms with Gasteiger partial charge in [0, 0.05) is 19.8 Å². The predicted molar refractivity (Wildman–Crippen MR) is 68.6 cm³/mol. The Morgan fingerprint density at radius 1 is 1.00 bits per heavy atom. The molecule has 3 nitrogen and oxygen atoms in total. The second kappa shape index (κ2) is 8.23. The van der Waals surface area contributed by atoms with Crippen LogP contribution in [0, 0.1) is 0 Å². The first-order chi connectivity index (χ1) is 7.10. The van der Waals surface area contributed by atoms with Crippen LogP contribution in [0.4, 0.5) is 0 Å². The van der Waals surface area contributed by atoms with E-state index in [-0.39, 0.29) is 0 Å². The fourth-order valence-corrected chi connectivity index (χ4v) is 8.74. The van der Waals surface area contributed by atoms with Crippen molar-refractivity contribution >= 4 is 17.4 Å². The van der Waals surface area contributed by atoms with Crippen molar-refractivity contribution in [3.05, 3.63) is 11.3 Å². The number of hydrogen-bond donors (Lipinski definition) is 0. The van der Waals surface area contributed by atoms with Gasteiger partial charge >= 0.3 is 8.32 Å². The van der Waals surface area contributed by atoms with E-state index >= 15 is 0 Å². The van der Waals surface area contributed by atoms with Gasteiger partial charge in [-0.05, 0) is 34.6 Å². The minimum Gasteiger partial charge on any atom is -0.377 e. The maximum Gasteiger partial charge on any atom is 0.466 e. The van der Waals surface area contributed by atoms with E-state index < -0.39 is 17.4 Å². The molecule has 0 aromatic heterocycles. The lowest BCUT2D eigenvalue weighted by molar-refractivity contribution is 0.0933. The molecule has 5 heteroatoms. The number of hydrogen-bond acceptors (Lipinski definition) is 3. The Hall–Kier alpha value is 0.0538. The monoisotopic (exact) mass is 248 g/mol. The molecule has 0 amide bonds. The molecule has 0 atom stereocenters. The third-order valence-corrected chi connectivity index (χ3v) is 9.51. The predicted octanol–water partition coefficient (Wildman–Crippen LogP) is 1.62. The third-order valence-electron chi connectivity index (χ3n) is 1.85. The Bertz CT molecular complexity index is 174. The van der Waals surface area contributed by atoms with E-state index in [0.29, 0.717) is 19.8 Å². The fourth-order valence-electron chi connectivity index (χ4n) is 1.29. The molecule has 0 heterocycles. The van der Waals surface area contributed by atoms with Crippen molar-refractivity contribution in [2.24, 2.45) is 0 Å². The summed E-state index contributed by atoms with van der Waals surface area (Å²) in [5.41, 5.74) is 3.60. The van der Waals surface area contributed by atoms with Crippen LogP contribution < -0.4 is 0 Å². The topological polar surface area (TPSA) is 27.7 Å². The van der Waals surface area contributed by atoms with Crippen LogP contribution in [0.25, 0.3) is 0 Å². The highest BCUT2D eigenvalue weighted by molar-refractivity contribution is 7.16. The molecule has 0 spiro atoms. The molecule has 0 saturated carbocycles. The zero-order valence-corrected chi connectivity index (χ0v) is 13.0. The normalized spacial score (nSPS) is 12.3. The van der Waals surface area contributed by atoms with Gasteiger partial charge in [0.05, 0.1) is 0 Å². The van der Waals surface area contributed by atoms with Gasteiger partial charge in [0.1, 0.15) is 9.04 Å². The van der Waals surface area contributed by atoms with Gasteiger partial charge in [-0.15, -0.1) is 0 Å². The summed E-state index contributed by atoms with van der Waals surface area (Å²) in [6.07, 6.45) is 0. The lowest BCUT2D eigenvalue weighted by Gasteiger charge is -2.27. The van der Waals surface area contributed by atoms with E-state index in [0.717, 1.165) is 0 Å². The first kappa shape index (κ1) is 15.1. The molecule has 15 heavy (non-hydrogen) atoms. The van der Waals surface area contributed by atoms with E-state index in [2.05, 4.69) is 19.5 Å². The molecule has 0 unspecified atom stereocenters. The van der Waals surface area contributed by atoms with Crippen LogP contribution in [0.15, 0.2) is 11.3 Å². The third kappa shape index (κ3) is 6.26. The summed E-state index contributed by atoms with van der Waals surface area (Å²) in [5.74, 6) is 0. The van der Waals surface area contributed by atoms with Crippen LogP contribution in [0.5, 0.6) is 0 Å². The van der Waals surface area contributed by atoms with Gasteiger partial charge < -0.3 is 13.3 Å². The maximum atomic E-state index is 5.77. The molecule has 0 radical (unpaired) electrons. The summed E-state index contributed by atoms with van der Waals surface area (Å²) < 4.78 is 17.3. The van der Waals surface area contributed by atoms with Crippen molar-refractivity contribution in [1.29, 1.82) is 0 Å². The number of rotatable bonds is 8. The van der Waals surface area contributed by atoms with Crippen molar-refractivity contribution in [2.75, 3.05) is 19.8 Å². The van der Waals surface area contributed by atoms with E-state index in [9.17, 15) is 0 Å². The summed E-state index contributed by atoms with van der Waals surface area (Å²) in [7, 11) is -2.85. The summed E-state index contributed by atoms with van der Waals surface area (Å²) >= 11 is 0. The molecule has 0 N–H and O–H groups in total. The molecule has 0 aromatic carbocycles. The highest BCUT2D eigenvalue weighted by atomic mass is 29.2. The van der Waals surface area contributed by atoms with Crippen molar-refractivity contribution in [3.8, 4) is 0 Å². The van der Waals surface area contributed by atoms with Crippen molar-refractivity contribution in [3.63, 3.8) is 0 Å². The molecule has 0 saturated heterocycles. The SMILES string of the molecule is CCO[Si](OCC)(OCC)[SiH2]C=C(C)C. The molecule has 0 aliphatic rings. The van der Waals surface area contributed by atoms with Crippen molar-refractivity contribution < 1.29 is 13.3 Å². The molecular formula is C10H24O3Si2. The Kier molecular flexibility index (Phi) is 8.26. The van der Waals surface area contributed by atoms with Gasteiger partial charge in [-0.2, -0.15) is 0 Å². The first-order valence-electron chi connectivity index (χ1n) is 5.65. The van der Waals surface area contributed by atoms with Crippen molar-refractivity contribution in [1.82, 2.24) is 0 Å². The average Bonchev–Trinajstić information content (AvgIpc) is 2.16. The van der Waals surface area contributed by atoms with Crippen molar-refractivity contribution in [2.45, 2.75) is 34.6 Å². The van der Waals surface area contributed by atoms with Gasteiger partial charge in [0.2, 0.25) is 0 Å². The highest BCUT2D eigenvalue weighted by Crippen LogP contribution is 2.09. The maximum absolute atomic E-state index is 5.77.